The minimum Gasteiger partial charge on any atom is -1.00 e. The Morgan fingerprint density at radius 2 is 0.873 bits per heavy atom. The molecule has 18 heteroatoms. The molecule has 0 aliphatic carbocycles. The molecule has 0 aliphatic heterocycles. The van der Waals surface area contributed by atoms with E-state index in [0.29, 0.717) is 66.2 Å². The highest BCUT2D eigenvalue weighted by molar-refractivity contribution is 5.85. The van der Waals surface area contributed by atoms with Crippen LogP contribution in [0.5, 0.6) is 11.8 Å². The molecule has 0 unspecified atom stereocenters. The maximum Gasteiger partial charge on any atom is 0.326 e. The van der Waals surface area contributed by atoms with Gasteiger partial charge in [-0.2, -0.15) is 19.4 Å². The number of halogens is 4. The maximum absolute atomic E-state index is 13.6. The highest BCUT2D eigenvalue weighted by Gasteiger charge is 2.27. The number of aromatic hydroxyl groups is 2. The summed E-state index contributed by atoms with van der Waals surface area (Å²) in [7, 11) is 7.87. The Morgan fingerprint density at radius 3 is 1.19 bits per heavy atom. The van der Waals surface area contributed by atoms with E-state index in [0.717, 1.165) is 24.2 Å². The van der Waals surface area contributed by atoms with Crippen LogP contribution in [0.1, 0.15) is 35.1 Å². The van der Waals surface area contributed by atoms with Gasteiger partial charge in [0.25, 0.3) is 11.4 Å². The minimum atomic E-state index is -0.296. The number of hydrogen-bond donors (Lipinski definition) is 2. The first kappa shape index (κ1) is 53.7. The fourth-order valence-electron chi connectivity index (χ4n) is 6.84. The van der Waals surface area contributed by atoms with Gasteiger partial charge in [0.1, 0.15) is 0 Å². The van der Waals surface area contributed by atoms with Crippen molar-refractivity contribution in [3.8, 4) is 23.1 Å². The van der Waals surface area contributed by atoms with Gasteiger partial charge in [0.15, 0.2) is 36.2 Å². The molecule has 0 atom stereocenters. The third-order valence-corrected chi connectivity index (χ3v) is 9.98. The zero-order valence-corrected chi connectivity index (χ0v) is 39.2. The van der Waals surface area contributed by atoms with Crippen molar-refractivity contribution in [1.82, 2.24) is 18.9 Å². The van der Waals surface area contributed by atoms with Gasteiger partial charge >= 0.3 is 11.1 Å². The van der Waals surface area contributed by atoms with Crippen LogP contribution >= 0.6 is 24.8 Å². The molecule has 0 saturated heterocycles. The van der Waals surface area contributed by atoms with Crippen LogP contribution in [0.2, 0.25) is 0 Å². The molecule has 4 heterocycles. The Kier molecular flexibility index (Phi) is 21.3. The van der Waals surface area contributed by atoms with Crippen molar-refractivity contribution in [1.29, 1.82) is 0 Å². The zero-order valence-electron chi connectivity index (χ0n) is 36.1. The van der Waals surface area contributed by atoms with Crippen molar-refractivity contribution < 1.29 is 44.2 Å². The second kappa shape index (κ2) is 25.0. The number of nitrogens with zero attached hydrogens (tertiary/aromatic N) is 10. The van der Waals surface area contributed by atoms with E-state index in [2.05, 4.69) is 20.5 Å². The van der Waals surface area contributed by atoms with Crippen molar-refractivity contribution in [2.24, 2.45) is 20.5 Å². The molecule has 6 aromatic rings. The first-order chi connectivity index (χ1) is 28.4. The fourth-order valence-corrected chi connectivity index (χ4v) is 6.84. The third-order valence-electron chi connectivity index (χ3n) is 9.98. The number of rotatable bonds is 16. The van der Waals surface area contributed by atoms with Crippen LogP contribution in [-0.4, -0.2) is 70.4 Å². The van der Waals surface area contributed by atoms with Gasteiger partial charge in [0.05, 0.1) is 22.5 Å². The SMILES string of the molecule is Cc1c(N=Nc2ccc(Cc3ccc(N=Nc4c(C)c(-[n+]5ccccc5)c(=O)n(CCCN(C)C)c4O)cc3)cc2)c(O)n(CCCN(C)C)c(=O)c1-[n+]1ccccc1.Cl.Cl.[Cl-].[Cl-]. The molecule has 0 fully saturated rings. The maximum atomic E-state index is 13.6. The van der Waals surface area contributed by atoms with Crippen LogP contribution in [0.25, 0.3) is 11.4 Å². The molecule has 63 heavy (non-hydrogen) atoms. The smallest absolute Gasteiger partial charge is 0.326 e. The number of azo groups is 2. The summed E-state index contributed by atoms with van der Waals surface area (Å²) in [6.45, 7) is 5.71. The molecule has 4 aromatic heterocycles. The normalized spacial score (nSPS) is 11.0. The molecule has 0 amide bonds. The summed E-state index contributed by atoms with van der Waals surface area (Å²) in [6.07, 6.45) is 9.19. The molecule has 6 rings (SSSR count). The van der Waals surface area contributed by atoms with Crippen molar-refractivity contribution in [2.45, 2.75) is 46.2 Å². The van der Waals surface area contributed by atoms with Crippen LogP contribution in [0, 0.1) is 13.8 Å². The van der Waals surface area contributed by atoms with Crippen LogP contribution in [-0.2, 0) is 19.5 Å². The van der Waals surface area contributed by atoms with E-state index in [4.69, 9.17) is 0 Å². The van der Waals surface area contributed by atoms with Gasteiger partial charge in [-0.1, -0.05) is 36.4 Å². The predicted molar refractivity (Wildman–Crippen MR) is 242 cm³/mol. The van der Waals surface area contributed by atoms with Crippen LogP contribution < -0.4 is 45.1 Å². The van der Waals surface area contributed by atoms with Crippen molar-refractivity contribution in [2.75, 3.05) is 41.3 Å². The topological polar surface area (TPSA) is 148 Å². The summed E-state index contributed by atoms with van der Waals surface area (Å²) in [4.78, 5) is 31.3. The summed E-state index contributed by atoms with van der Waals surface area (Å²) in [6, 6.07) is 26.5. The van der Waals surface area contributed by atoms with E-state index < -0.39 is 0 Å². The van der Waals surface area contributed by atoms with Gasteiger partial charge in [-0.05, 0) is 110 Å². The molecule has 0 radical (unpaired) electrons. The molecule has 0 spiro atoms. The number of hydrogen-bond acceptors (Lipinski definition) is 10. The average Bonchev–Trinajstić information content (AvgIpc) is 3.22. The van der Waals surface area contributed by atoms with Gasteiger partial charge in [-0.3, -0.25) is 18.7 Å². The first-order valence-corrected chi connectivity index (χ1v) is 19.6. The van der Waals surface area contributed by atoms with Gasteiger partial charge in [0.2, 0.25) is 11.8 Å². The van der Waals surface area contributed by atoms with E-state index in [1.807, 2.05) is 123 Å². The Balaban J connectivity index is 0.00000341. The summed E-state index contributed by atoms with van der Waals surface area (Å²) in [5.74, 6) is -0.422. The summed E-state index contributed by atoms with van der Waals surface area (Å²) >= 11 is 0. The van der Waals surface area contributed by atoms with Crippen molar-refractivity contribution in [3.63, 3.8) is 0 Å². The molecular weight excluding hydrogens is 886 g/mol. The molecular formula is C45H54Cl4N10O4. The molecule has 2 aromatic carbocycles. The molecule has 336 valence electrons. The number of benzene rings is 2. The highest BCUT2D eigenvalue weighted by Crippen LogP contribution is 2.34. The average molecular weight is 941 g/mol. The minimum absolute atomic E-state index is 0. The van der Waals surface area contributed by atoms with E-state index >= 15 is 0 Å². The Hall–Kier alpha value is -5.48. The van der Waals surface area contributed by atoms with Gasteiger partial charge in [-0.25, -0.2) is 0 Å². The van der Waals surface area contributed by atoms with E-state index in [9.17, 15) is 19.8 Å². The zero-order chi connectivity index (χ0) is 42.1. The Morgan fingerprint density at radius 1 is 0.540 bits per heavy atom. The Bertz CT molecular complexity index is 2390. The summed E-state index contributed by atoms with van der Waals surface area (Å²) < 4.78 is 6.23. The van der Waals surface area contributed by atoms with Crippen LogP contribution in [0.4, 0.5) is 22.7 Å². The highest BCUT2D eigenvalue weighted by atomic mass is 35.5. The quantitative estimate of drug-likeness (QED) is 0.112. The van der Waals surface area contributed by atoms with Crippen LogP contribution in [0.15, 0.2) is 140 Å². The van der Waals surface area contributed by atoms with E-state index in [1.54, 1.807) is 47.8 Å². The second-order valence-corrected chi connectivity index (χ2v) is 15.0. The first-order valence-electron chi connectivity index (χ1n) is 19.6. The summed E-state index contributed by atoms with van der Waals surface area (Å²) in [5, 5.41) is 40.4. The van der Waals surface area contributed by atoms with Gasteiger partial charge in [0, 0.05) is 37.4 Å². The molecule has 0 bridgehead atoms. The molecule has 0 saturated carbocycles. The molecule has 14 nitrogen and oxygen atoms in total. The van der Waals surface area contributed by atoms with Crippen molar-refractivity contribution >= 4 is 47.6 Å². The second-order valence-electron chi connectivity index (χ2n) is 15.0. The lowest BCUT2D eigenvalue weighted by Crippen LogP contribution is -3.00. The fraction of sp³-hybridized carbons (Fsp3) is 0.289. The van der Waals surface area contributed by atoms with Gasteiger partial charge < -0.3 is 44.8 Å². The largest absolute Gasteiger partial charge is 1.00 e. The lowest BCUT2D eigenvalue weighted by Gasteiger charge is -2.14. The van der Waals surface area contributed by atoms with E-state index in [-0.39, 0.29) is 83.9 Å². The molecule has 2 N–H and O–H groups in total. The van der Waals surface area contributed by atoms with E-state index in [1.165, 1.54) is 9.13 Å². The van der Waals surface area contributed by atoms with Crippen molar-refractivity contribution in [3.05, 3.63) is 153 Å². The van der Waals surface area contributed by atoms with Gasteiger partial charge in [-0.15, -0.1) is 35.0 Å². The lowest BCUT2D eigenvalue weighted by molar-refractivity contribution is -0.597. The number of aromatic nitrogens is 4. The lowest BCUT2D eigenvalue weighted by atomic mass is 10.0. The molecule has 0 aliphatic rings. The van der Waals surface area contributed by atoms with Crippen LogP contribution in [0.3, 0.4) is 0 Å². The number of pyridine rings is 4. The standard InChI is InChI=1S/C45H50N10O4.4ClH/c1-32-38(42(56)54(29-13-23-50(3)4)44(58)40(32)52-25-9-7-10-26-52)48-46-36-19-15-34(16-20-36)31-35-17-21-37(22-18-35)47-49-39-33(2)41(53-27-11-8-12-28-53)45(59)55(43(39)57)30-14-24-51(5)6;;;;/h7-12,15-22,25-28H,13-14,23-24,29-31H2,1-6H3;4*1H. The monoisotopic (exact) mass is 938 g/mol. The Labute approximate surface area is 392 Å². The predicted octanol–water partition coefficient (Wildman–Crippen LogP) is 1.77. The summed E-state index contributed by atoms with van der Waals surface area (Å²) in [5.41, 5.74) is 5.06. The third kappa shape index (κ3) is 13.3.